The van der Waals surface area contributed by atoms with E-state index in [2.05, 4.69) is 6.92 Å². The summed E-state index contributed by atoms with van der Waals surface area (Å²) in [5, 5.41) is -0.294. The molecule has 0 heterocycles. The number of anilines is 1. The summed E-state index contributed by atoms with van der Waals surface area (Å²) < 4.78 is 18.1. The van der Waals surface area contributed by atoms with E-state index >= 15 is 0 Å². The maximum absolute atomic E-state index is 13.3. The number of rotatable bonds is 6. The zero-order valence-electron chi connectivity index (χ0n) is 10.6. The van der Waals surface area contributed by atoms with E-state index in [0.717, 1.165) is 19.3 Å². The van der Waals surface area contributed by atoms with Gasteiger partial charge in [-0.25, -0.2) is 4.39 Å². The lowest BCUT2D eigenvalue weighted by atomic mass is 10.2. The zero-order valence-corrected chi connectivity index (χ0v) is 11.4. The lowest BCUT2D eigenvalue weighted by Gasteiger charge is -2.14. The van der Waals surface area contributed by atoms with E-state index in [1.807, 2.05) is 0 Å². The van der Waals surface area contributed by atoms with E-state index in [9.17, 15) is 9.18 Å². The van der Waals surface area contributed by atoms with Crippen LogP contribution < -0.4 is 5.73 Å². The Morgan fingerprint density at radius 3 is 2.83 bits per heavy atom. The van der Waals surface area contributed by atoms with Crippen molar-refractivity contribution in [3.05, 3.63) is 24.0 Å². The maximum Gasteiger partial charge on any atom is 0.319 e. The molecule has 5 heteroatoms. The number of nitrogen functional groups attached to an aromatic ring is 1. The number of halogens is 1. The normalized spacial score (nSPS) is 12.2. The van der Waals surface area contributed by atoms with Gasteiger partial charge in [-0.1, -0.05) is 19.8 Å². The van der Waals surface area contributed by atoms with Crippen LogP contribution in [0.4, 0.5) is 10.1 Å². The maximum atomic E-state index is 13.3. The summed E-state index contributed by atoms with van der Waals surface area (Å²) in [5.41, 5.74) is 5.52. The first-order chi connectivity index (χ1) is 8.58. The Labute approximate surface area is 111 Å². The molecule has 100 valence electrons. The average Bonchev–Trinajstić information content (AvgIpc) is 2.37. The molecule has 0 radical (unpaired) electrons. The van der Waals surface area contributed by atoms with Gasteiger partial charge in [0.25, 0.3) is 0 Å². The molecular formula is C13H18FNO2S. The Morgan fingerprint density at radius 2 is 2.28 bits per heavy atom. The molecule has 2 N–H and O–H groups in total. The quantitative estimate of drug-likeness (QED) is 0.490. The van der Waals surface area contributed by atoms with Gasteiger partial charge in [-0.3, -0.25) is 4.79 Å². The number of methoxy groups -OCH3 is 1. The third-order valence-corrected chi connectivity index (χ3v) is 3.77. The molecule has 18 heavy (non-hydrogen) atoms. The van der Waals surface area contributed by atoms with E-state index in [0.29, 0.717) is 4.90 Å². The number of nitrogens with two attached hydrogens (primary N) is 1. The standard InChI is InChI=1S/C13H18FNO2S/c1-3-4-5-12(13(16)17-2)18-9-6-7-11(15)10(14)8-9/h6-8,12H,3-5,15H2,1-2H3. The molecule has 0 aliphatic heterocycles. The summed E-state index contributed by atoms with van der Waals surface area (Å²) in [5.74, 6) is -0.732. The molecule has 0 aliphatic rings. The molecule has 1 rings (SSSR count). The SMILES string of the molecule is CCCCC(Sc1ccc(N)c(F)c1)C(=O)OC. The fourth-order valence-corrected chi connectivity index (χ4v) is 2.61. The van der Waals surface area contributed by atoms with Crippen molar-refractivity contribution in [2.24, 2.45) is 0 Å². The second-order valence-corrected chi connectivity index (χ2v) is 5.23. The summed E-state index contributed by atoms with van der Waals surface area (Å²) in [4.78, 5) is 12.3. The molecule has 0 spiro atoms. The highest BCUT2D eigenvalue weighted by molar-refractivity contribution is 8.00. The average molecular weight is 271 g/mol. The molecule has 0 bridgehead atoms. The van der Waals surface area contributed by atoms with Gasteiger partial charge in [-0.15, -0.1) is 11.8 Å². The van der Waals surface area contributed by atoms with E-state index in [1.165, 1.54) is 31.0 Å². The second-order valence-electron chi connectivity index (χ2n) is 3.96. The summed E-state index contributed by atoms with van der Waals surface area (Å²) in [6.07, 6.45) is 2.66. The molecule has 1 atom stereocenters. The Bertz CT molecular complexity index is 412. The summed E-state index contributed by atoms with van der Waals surface area (Å²) in [6.45, 7) is 2.06. The number of hydrogen-bond acceptors (Lipinski definition) is 4. The van der Waals surface area contributed by atoms with Crippen molar-refractivity contribution in [2.75, 3.05) is 12.8 Å². The minimum atomic E-state index is -0.459. The Hall–Kier alpha value is -1.23. The van der Waals surface area contributed by atoms with Crippen LogP contribution in [0, 0.1) is 5.82 Å². The highest BCUT2D eigenvalue weighted by Crippen LogP contribution is 2.29. The van der Waals surface area contributed by atoms with Gasteiger partial charge >= 0.3 is 5.97 Å². The first kappa shape index (κ1) is 14.8. The third kappa shape index (κ3) is 4.22. The summed E-state index contributed by atoms with van der Waals surface area (Å²) >= 11 is 1.31. The Kier molecular flexibility index (Phi) is 5.98. The molecule has 0 saturated heterocycles. The molecule has 0 aromatic heterocycles. The van der Waals surface area contributed by atoms with Crippen LogP contribution in [0.15, 0.2) is 23.1 Å². The van der Waals surface area contributed by atoms with Gasteiger partial charge in [0.2, 0.25) is 0 Å². The second kappa shape index (κ2) is 7.26. The molecular weight excluding hydrogens is 253 g/mol. The zero-order chi connectivity index (χ0) is 13.5. The van der Waals surface area contributed by atoms with Gasteiger partial charge in [0.15, 0.2) is 0 Å². The fourth-order valence-electron chi connectivity index (χ4n) is 1.49. The van der Waals surface area contributed by atoms with E-state index in [-0.39, 0.29) is 16.9 Å². The van der Waals surface area contributed by atoms with Crippen molar-refractivity contribution in [1.29, 1.82) is 0 Å². The van der Waals surface area contributed by atoms with Crippen LogP contribution >= 0.6 is 11.8 Å². The van der Waals surface area contributed by atoms with Crippen molar-refractivity contribution in [3.8, 4) is 0 Å². The van der Waals surface area contributed by atoms with Gasteiger partial charge in [0, 0.05) is 4.90 Å². The molecule has 0 amide bonds. The lowest BCUT2D eigenvalue weighted by molar-refractivity contribution is -0.140. The van der Waals surface area contributed by atoms with Crippen molar-refractivity contribution in [3.63, 3.8) is 0 Å². The molecule has 1 aromatic carbocycles. The molecule has 0 aliphatic carbocycles. The predicted octanol–water partition coefficient (Wildman–Crippen LogP) is 3.23. The topological polar surface area (TPSA) is 52.3 Å². The van der Waals surface area contributed by atoms with Gasteiger partial charge in [0.1, 0.15) is 11.1 Å². The molecule has 0 fully saturated rings. The van der Waals surface area contributed by atoms with E-state index in [1.54, 1.807) is 6.07 Å². The number of carbonyl (C=O) groups excluding carboxylic acids is 1. The van der Waals surface area contributed by atoms with Gasteiger partial charge in [0.05, 0.1) is 12.8 Å². The number of hydrogen-bond donors (Lipinski definition) is 1. The summed E-state index contributed by atoms with van der Waals surface area (Å²) in [7, 11) is 1.37. The fraction of sp³-hybridized carbons (Fsp3) is 0.462. The minimum absolute atomic E-state index is 0.113. The number of unbranched alkanes of at least 4 members (excludes halogenated alkanes) is 1. The predicted molar refractivity (Wildman–Crippen MR) is 72.0 cm³/mol. The first-order valence-electron chi connectivity index (χ1n) is 5.88. The number of ether oxygens (including phenoxy) is 1. The Morgan fingerprint density at radius 1 is 1.56 bits per heavy atom. The van der Waals surface area contributed by atoms with Crippen LogP contribution in [0.25, 0.3) is 0 Å². The number of esters is 1. The van der Waals surface area contributed by atoms with Crippen LogP contribution in [-0.2, 0) is 9.53 Å². The van der Waals surface area contributed by atoms with E-state index < -0.39 is 5.82 Å². The molecule has 1 aromatic rings. The largest absolute Gasteiger partial charge is 0.468 e. The van der Waals surface area contributed by atoms with Crippen LogP contribution in [0.2, 0.25) is 0 Å². The Balaban J connectivity index is 2.75. The monoisotopic (exact) mass is 271 g/mol. The molecule has 1 unspecified atom stereocenters. The lowest BCUT2D eigenvalue weighted by Crippen LogP contribution is -2.18. The van der Waals surface area contributed by atoms with Crippen molar-refractivity contribution in [2.45, 2.75) is 36.3 Å². The van der Waals surface area contributed by atoms with Crippen LogP contribution in [0.1, 0.15) is 26.2 Å². The number of thioether (sulfide) groups is 1. The molecule has 3 nitrogen and oxygen atoms in total. The van der Waals surface area contributed by atoms with Gasteiger partial charge in [-0.2, -0.15) is 0 Å². The van der Waals surface area contributed by atoms with Crippen molar-refractivity contribution < 1.29 is 13.9 Å². The van der Waals surface area contributed by atoms with Gasteiger partial charge < -0.3 is 10.5 Å². The highest BCUT2D eigenvalue weighted by atomic mass is 32.2. The highest BCUT2D eigenvalue weighted by Gasteiger charge is 2.20. The summed E-state index contributed by atoms with van der Waals surface area (Å²) in [6, 6.07) is 4.57. The number of carbonyl (C=O) groups is 1. The van der Waals surface area contributed by atoms with E-state index in [4.69, 9.17) is 10.5 Å². The first-order valence-corrected chi connectivity index (χ1v) is 6.76. The van der Waals surface area contributed by atoms with Crippen LogP contribution in [-0.4, -0.2) is 18.3 Å². The number of benzene rings is 1. The third-order valence-electron chi connectivity index (χ3n) is 2.53. The smallest absolute Gasteiger partial charge is 0.319 e. The molecule has 0 saturated carbocycles. The minimum Gasteiger partial charge on any atom is -0.468 e. The van der Waals surface area contributed by atoms with Crippen molar-refractivity contribution in [1.82, 2.24) is 0 Å². The van der Waals surface area contributed by atoms with Gasteiger partial charge in [-0.05, 0) is 24.6 Å². The van der Waals surface area contributed by atoms with Crippen molar-refractivity contribution >= 4 is 23.4 Å². The van der Waals surface area contributed by atoms with Crippen LogP contribution in [0.5, 0.6) is 0 Å². The van der Waals surface area contributed by atoms with Crippen LogP contribution in [0.3, 0.4) is 0 Å².